The van der Waals surface area contributed by atoms with E-state index in [-0.39, 0.29) is 5.91 Å². The lowest BCUT2D eigenvalue weighted by molar-refractivity contribution is 0.100. The SMILES string of the molecule is C=NC(=O)c1ccnc(N)c1. The maximum absolute atomic E-state index is 10.9. The maximum Gasteiger partial charge on any atom is 0.276 e. The Bertz CT molecular complexity index is 295. The molecule has 2 N–H and O–H groups in total. The Hall–Kier alpha value is -1.71. The first-order valence-electron chi connectivity index (χ1n) is 2.96. The topological polar surface area (TPSA) is 68.3 Å². The molecule has 1 heterocycles. The van der Waals surface area contributed by atoms with Crippen molar-refractivity contribution < 1.29 is 4.79 Å². The first-order valence-corrected chi connectivity index (χ1v) is 2.96. The maximum atomic E-state index is 10.9. The number of hydrogen-bond acceptors (Lipinski definition) is 3. The Balaban J connectivity index is 3.05. The van der Waals surface area contributed by atoms with E-state index in [0.29, 0.717) is 11.4 Å². The zero-order chi connectivity index (χ0) is 8.27. The number of amides is 1. The van der Waals surface area contributed by atoms with Gasteiger partial charge in [0, 0.05) is 11.8 Å². The van der Waals surface area contributed by atoms with E-state index in [1.54, 1.807) is 0 Å². The summed E-state index contributed by atoms with van der Waals surface area (Å²) in [5.74, 6) is -0.0846. The normalized spacial score (nSPS) is 9.09. The van der Waals surface area contributed by atoms with Crippen LogP contribution in [-0.2, 0) is 0 Å². The first-order chi connectivity index (χ1) is 5.24. The molecule has 0 aliphatic carbocycles. The molecule has 1 rings (SSSR count). The van der Waals surface area contributed by atoms with Crippen LogP contribution in [0.4, 0.5) is 5.82 Å². The van der Waals surface area contributed by atoms with Gasteiger partial charge in [-0.2, -0.15) is 0 Å². The van der Waals surface area contributed by atoms with Gasteiger partial charge in [-0.3, -0.25) is 4.79 Å². The Labute approximate surface area is 63.8 Å². The fourth-order valence-electron chi connectivity index (χ4n) is 0.673. The van der Waals surface area contributed by atoms with Crippen molar-refractivity contribution in [1.29, 1.82) is 0 Å². The molecule has 0 aliphatic rings. The molecule has 1 amide bonds. The number of carbonyl (C=O) groups is 1. The molecule has 0 spiro atoms. The third-order valence-corrected chi connectivity index (χ3v) is 1.17. The number of carbonyl (C=O) groups excluding carboxylic acids is 1. The summed E-state index contributed by atoms with van der Waals surface area (Å²) in [5.41, 5.74) is 5.74. The average Bonchev–Trinajstić information content (AvgIpc) is 2.03. The van der Waals surface area contributed by atoms with Gasteiger partial charge >= 0.3 is 0 Å². The van der Waals surface area contributed by atoms with Crippen LogP contribution in [0, 0.1) is 0 Å². The molecule has 56 valence electrons. The van der Waals surface area contributed by atoms with Crippen molar-refractivity contribution in [3.63, 3.8) is 0 Å². The number of hydrogen-bond donors (Lipinski definition) is 1. The Morgan fingerprint density at radius 3 is 3.00 bits per heavy atom. The molecular formula is C7H7N3O. The highest BCUT2D eigenvalue weighted by molar-refractivity contribution is 5.97. The summed E-state index contributed by atoms with van der Waals surface area (Å²) in [4.78, 5) is 17.8. The van der Waals surface area contributed by atoms with E-state index in [1.165, 1.54) is 18.3 Å². The molecule has 4 nitrogen and oxygen atoms in total. The van der Waals surface area contributed by atoms with Gasteiger partial charge in [-0.05, 0) is 18.9 Å². The third-order valence-electron chi connectivity index (χ3n) is 1.17. The number of rotatable bonds is 1. The van der Waals surface area contributed by atoms with Crippen LogP contribution in [0.25, 0.3) is 0 Å². The van der Waals surface area contributed by atoms with Crippen molar-refractivity contribution in [1.82, 2.24) is 4.98 Å². The van der Waals surface area contributed by atoms with Crippen LogP contribution in [0.3, 0.4) is 0 Å². The van der Waals surface area contributed by atoms with Crippen molar-refractivity contribution in [3.05, 3.63) is 23.9 Å². The minimum absolute atomic E-state index is 0.305. The smallest absolute Gasteiger partial charge is 0.276 e. The summed E-state index contributed by atoms with van der Waals surface area (Å²) >= 11 is 0. The van der Waals surface area contributed by atoms with Crippen molar-refractivity contribution in [2.45, 2.75) is 0 Å². The molecule has 0 saturated carbocycles. The highest BCUT2D eigenvalue weighted by atomic mass is 16.1. The highest BCUT2D eigenvalue weighted by Gasteiger charge is 2.01. The summed E-state index contributed by atoms with van der Waals surface area (Å²) in [6.45, 7) is 3.11. The van der Waals surface area contributed by atoms with Gasteiger partial charge in [0.05, 0.1) is 0 Å². The molecule has 4 heteroatoms. The summed E-state index contributed by atoms with van der Waals surface area (Å²) in [7, 11) is 0. The van der Waals surface area contributed by atoms with Crippen LogP contribution in [0.5, 0.6) is 0 Å². The van der Waals surface area contributed by atoms with Crippen molar-refractivity contribution in [2.75, 3.05) is 5.73 Å². The van der Waals surface area contributed by atoms with Gasteiger partial charge < -0.3 is 5.73 Å². The highest BCUT2D eigenvalue weighted by Crippen LogP contribution is 2.03. The second-order valence-electron chi connectivity index (χ2n) is 1.93. The number of aromatic nitrogens is 1. The van der Waals surface area contributed by atoms with Gasteiger partial charge in [0.2, 0.25) is 0 Å². The molecule has 0 saturated heterocycles. The fourth-order valence-corrected chi connectivity index (χ4v) is 0.673. The summed E-state index contributed by atoms with van der Waals surface area (Å²) in [6, 6.07) is 2.99. The van der Waals surface area contributed by atoms with E-state index in [4.69, 9.17) is 5.73 Å². The van der Waals surface area contributed by atoms with Crippen molar-refractivity contribution >= 4 is 18.4 Å². The Morgan fingerprint density at radius 1 is 1.73 bits per heavy atom. The number of nitrogen functional groups attached to an aromatic ring is 1. The number of pyridine rings is 1. The van der Waals surface area contributed by atoms with Crippen LogP contribution in [0.2, 0.25) is 0 Å². The molecule has 0 bridgehead atoms. The van der Waals surface area contributed by atoms with E-state index < -0.39 is 0 Å². The predicted octanol–water partition coefficient (Wildman–Crippen LogP) is 0.505. The second-order valence-corrected chi connectivity index (χ2v) is 1.93. The summed E-state index contributed by atoms with van der Waals surface area (Å²) in [6.07, 6.45) is 1.45. The number of nitrogens with two attached hydrogens (primary N) is 1. The molecule has 0 fully saturated rings. The van der Waals surface area contributed by atoms with Crippen LogP contribution in [-0.4, -0.2) is 17.6 Å². The molecule has 0 unspecified atom stereocenters. The lowest BCUT2D eigenvalue weighted by atomic mass is 10.2. The fraction of sp³-hybridized carbons (Fsp3) is 0. The van der Waals surface area contributed by atoms with Gasteiger partial charge in [0.25, 0.3) is 5.91 Å². The largest absolute Gasteiger partial charge is 0.384 e. The number of nitrogens with zero attached hydrogens (tertiary/aromatic N) is 2. The second kappa shape index (κ2) is 2.92. The van der Waals surface area contributed by atoms with Gasteiger partial charge in [-0.1, -0.05) is 0 Å². The van der Waals surface area contributed by atoms with E-state index in [2.05, 4.69) is 16.7 Å². The Morgan fingerprint density at radius 2 is 2.45 bits per heavy atom. The van der Waals surface area contributed by atoms with Crippen molar-refractivity contribution in [3.8, 4) is 0 Å². The summed E-state index contributed by atoms with van der Waals surface area (Å²) in [5, 5.41) is 0. The van der Waals surface area contributed by atoms with Gasteiger partial charge in [0.15, 0.2) is 0 Å². The van der Waals surface area contributed by atoms with E-state index in [0.717, 1.165) is 0 Å². The average molecular weight is 149 g/mol. The molecule has 0 aromatic carbocycles. The third kappa shape index (κ3) is 1.61. The lowest BCUT2D eigenvalue weighted by Gasteiger charge is -1.94. The first kappa shape index (κ1) is 7.40. The zero-order valence-corrected chi connectivity index (χ0v) is 5.82. The molecule has 0 aliphatic heterocycles. The number of aliphatic imine (C=N–C) groups is 1. The Kier molecular flexibility index (Phi) is 1.96. The predicted molar refractivity (Wildman–Crippen MR) is 42.5 cm³/mol. The lowest BCUT2D eigenvalue weighted by Crippen LogP contribution is -1.97. The zero-order valence-electron chi connectivity index (χ0n) is 5.82. The van der Waals surface area contributed by atoms with Crippen LogP contribution >= 0.6 is 0 Å². The van der Waals surface area contributed by atoms with Crippen molar-refractivity contribution in [2.24, 2.45) is 4.99 Å². The quantitative estimate of drug-likeness (QED) is 0.591. The van der Waals surface area contributed by atoms with Gasteiger partial charge in [-0.25, -0.2) is 9.98 Å². The van der Waals surface area contributed by atoms with Crippen LogP contribution < -0.4 is 5.73 Å². The van der Waals surface area contributed by atoms with Gasteiger partial charge in [-0.15, -0.1) is 0 Å². The number of anilines is 1. The molecule has 0 atom stereocenters. The standard InChI is InChI=1S/C7H7N3O/c1-9-7(11)5-2-3-10-6(8)4-5/h2-4H,1H2,(H2,8,10). The molecule has 1 aromatic rings. The molecular weight excluding hydrogens is 142 g/mol. The van der Waals surface area contributed by atoms with E-state index in [1.807, 2.05) is 0 Å². The van der Waals surface area contributed by atoms with E-state index >= 15 is 0 Å². The minimum Gasteiger partial charge on any atom is -0.384 e. The summed E-state index contributed by atoms with van der Waals surface area (Å²) < 4.78 is 0. The molecule has 0 radical (unpaired) electrons. The van der Waals surface area contributed by atoms with E-state index in [9.17, 15) is 4.79 Å². The van der Waals surface area contributed by atoms with Crippen LogP contribution in [0.1, 0.15) is 10.4 Å². The molecule has 1 aromatic heterocycles. The monoisotopic (exact) mass is 149 g/mol. The molecule has 11 heavy (non-hydrogen) atoms. The van der Waals surface area contributed by atoms with Gasteiger partial charge in [0.1, 0.15) is 5.82 Å². The minimum atomic E-state index is -0.390. The van der Waals surface area contributed by atoms with Crippen LogP contribution in [0.15, 0.2) is 23.3 Å².